The standard InChI is InChI=1S/C29H26N4O9S/c30-22-16-23(31)33(43(37,38)32-22)26-25(42-29(36)20-14-8-3-9-15-20)24(41-28(35)19-12-6-2-7-13-19)21(40-26)17-39-27(34)18-10-4-1-5-11-18/h1-16,21,24-26H,17,31H2,(H2,30,32)/t21-,24-,25-,26-/m1/s1. The maximum absolute atomic E-state index is 13.2. The maximum atomic E-state index is 13.2. The molecule has 0 unspecified atom stereocenters. The molecule has 14 heteroatoms. The summed E-state index contributed by atoms with van der Waals surface area (Å²) in [5.41, 5.74) is 12.2. The molecule has 0 aliphatic carbocycles. The summed E-state index contributed by atoms with van der Waals surface area (Å²) in [5.74, 6) is -3.21. The molecule has 4 atom stereocenters. The summed E-state index contributed by atoms with van der Waals surface area (Å²) in [6.07, 6.45) is -5.00. The Labute approximate surface area is 246 Å². The fourth-order valence-electron chi connectivity index (χ4n) is 4.48. The van der Waals surface area contributed by atoms with E-state index in [1.165, 1.54) is 36.4 Å². The first-order valence-corrected chi connectivity index (χ1v) is 14.3. The van der Waals surface area contributed by atoms with Crippen molar-refractivity contribution >= 4 is 34.0 Å². The molecule has 222 valence electrons. The molecule has 0 saturated carbocycles. The van der Waals surface area contributed by atoms with Crippen LogP contribution >= 0.6 is 0 Å². The Kier molecular flexibility index (Phi) is 8.41. The number of nitrogens with two attached hydrogens (primary N) is 2. The number of hydrogen-bond donors (Lipinski definition) is 2. The second kappa shape index (κ2) is 12.3. The highest BCUT2D eigenvalue weighted by molar-refractivity contribution is 7.88. The lowest BCUT2D eigenvalue weighted by Crippen LogP contribution is -2.51. The van der Waals surface area contributed by atoms with Crippen LogP contribution in [0.2, 0.25) is 0 Å². The normalized spacial score (nSPS) is 22.6. The van der Waals surface area contributed by atoms with Gasteiger partial charge in [0, 0.05) is 6.08 Å². The van der Waals surface area contributed by atoms with Crippen LogP contribution in [0.3, 0.4) is 0 Å². The Morgan fingerprint density at radius 3 is 1.70 bits per heavy atom. The van der Waals surface area contributed by atoms with Crippen molar-refractivity contribution in [3.8, 4) is 0 Å². The fourth-order valence-corrected chi connectivity index (χ4v) is 5.63. The molecule has 0 spiro atoms. The monoisotopic (exact) mass is 606 g/mol. The van der Waals surface area contributed by atoms with Crippen molar-refractivity contribution in [1.82, 2.24) is 4.31 Å². The summed E-state index contributed by atoms with van der Waals surface area (Å²) in [6, 6.07) is 23.9. The van der Waals surface area contributed by atoms with Crippen molar-refractivity contribution in [2.24, 2.45) is 15.9 Å². The minimum atomic E-state index is -4.60. The molecule has 0 radical (unpaired) electrons. The van der Waals surface area contributed by atoms with Crippen molar-refractivity contribution in [1.29, 1.82) is 0 Å². The minimum Gasteiger partial charge on any atom is -0.459 e. The van der Waals surface area contributed by atoms with E-state index in [2.05, 4.69) is 4.40 Å². The van der Waals surface area contributed by atoms with Crippen LogP contribution in [0.4, 0.5) is 0 Å². The first-order chi connectivity index (χ1) is 20.6. The van der Waals surface area contributed by atoms with Gasteiger partial charge in [-0.2, -0.15) is 8.42 Å². The number of esters is 3. The number of carbonyl (C=O) groups is 3. The summed E-state index contributed by atoms with van der Waals surface area (Å²) in [4.78, 5) is 39.1. The van der Waals surface area contributed by atoms with E-state index in [0.29, 0.717) is 4.31 Å². The summed E-state index contributed by atoms with van der Waals surface area (Å²) in [6.45, 7) is -0.515. The Hall–Kier alpha value is -5.21. The Morgan fingerprint density at radius 2 is 1.21 bits per heavy atom. The van der Waals surface area contributed by atoms with Crippen LogP contribution in [0.5, 0.6) is 0 Å². The third-order valence-electron chi connectivity index (χ3n) is 6.43. The first kappa shape index (κ1) is 29.3. The van der Waals surface area contributed by atoms with Gasteiger partial charge in [0.15, 0.2) is 18.4 Å². The summed E-state index contributed by atoms with van der Waals surface area (Å²) in [7, 11) is -4.60. The highest BCUT2D eigenvalue weighted by Crippen LogP contribution is 2.34. The molecule has 2 aliphatic heterocycles. The number of carbonyl (C=O) groups excluding carboxylic acids is 3. The Morgan fingerprint density at radius 1 is 0.744 bits per heavy atom. The van der Waals surface area contributed by atoms with Crippen LogP contribution in [0.25, 0.3) is 0 Å². The van der Waals surface area contributed by atoms with Crippen LogP contribution < -0.4 is 11.5 Å². The van der Waals surface area contributed by atoms with Crippen LogP contribution in [-0.2, 0) is 29.2 Å². The largest absolute Gasteiger partial charge is 0.459 e. The molecule has 0 aromatic heterocycles. The van der Waals surface area contributed by atoms with E-state index in [0.717, 1.165) is 6.08 Å². The zero-order chi connectivity index (χ0) is 30.6. The van der Waals surface area contributed by atoms with Gasteiger partial charge >= 0.3 is 28.1 Å². The highest BCUT2D eigenvalue weighted by atomic mass is 32.2. The molecule has 2 heterocycles. The SMILES string of the molecule is NC1=CC(N)=NS(=O)(=O)N1[C@@H]1O[C@H](COC(=O)c2ccccc2)[C@@H](OC(=O)c2ccccc2)[C@H]1OC(=O)c1ccccc1. The van der Waals surface area contributed by atoms with Crippen molar-refractivity contribution in [2.45, 2.75) is 24.5 Å². The number of hydrogen-bond acceptors (Lipinski definition) is 11. The number of nitrogens with zero attached hydrogens (tertiary/aromatic N) is 2. The average molecular weight is 607 g/mol. The Bertz CT molecular complexity index is 1670. The topological polar surface area (TPSA) is 190 Å². The van der Waals surface area contributed by atoms with Crippen molar-refractivity contribution in [3.05, 3.63) is 120 Å². The van der Waals surface area contributed by atoms with Gasteiger partial charge in [-0.15, -0.1) is 4.40 Å². The third-order valence-corrected chi connectivity index (χ3v) is 7.79. The van der Waals surface area contributed by atoms with E-state index < -0.39 is 65.1 Å². The summed E-state index contributed by atoms with van der Waals surface area (Å²) in [5, 5.41) is 0. The molecule has 0 bridgehead atoms. The van der Waals surface area contributed by atoms with Crippen molar-refractivity contribution in [3.63, 3.8) is 0 Å². The van der Waals surface area contributed by atoms with Gasteiger partial charge < -0.3 is 30.4 Å². The van der Waals surface area contributed by atoms with E-state index in [1.54, 1.807) is 54.6 Å². The van der Waals surface area contributed by atoms with Gasteiger partial charge in [0.1, 0.15) is 24.4 Å². The van der Waals surface area contributed by atoms with Crippen LogP contribution in [-0.4, -0.2) is 67.6 Å². The van der Waals surface area contributed by atoms with E-state index in [9.17, 15) is 22.8 Å². The smallest absolute Gasteiger partial charge is 0.350 e. The minimum absolute atomic E-state index is 0.126. The first-order valence-electron chi connectivity index (χ1n) is 12.9. The van der Waals surface area contributed by atoms with Crippen molar-refractivity contribution in [2.75, 3.05) is 6.61 Å². The molecule has 2 aliphatic rings. The van der Waals surface area contributed by atoms with Gasteiger partial charge in [0.05, 0.1) is 16.7 Å². The second-order valence-corrected chi connectivity index (χ2v) is 10.8. The van der Waals surface area contributed by atoms with E-state index in [1.807, 2.05) is 0 Å². The fraction of sp³-hybridized carbons (Fsp3) is 0.172. The maximum Gasteiger partial charge on any atom is 0.350 e. The van der Waals surface area contributed by atoms with Crippen LogP contribution in [0, 0.1) is 0 Å². The summed E-state index contributed by atoms with van der Waals surface area (Å²) >= 11 is 0. The molecule has 43 heavy (non-hydrogen) atoms. The zero-order valence-electron chi connectivity index (χ0n) is 22.4. The Balaban J connectivity index is 1.52. The van der Waals surface area contributed by atoms with E-state index in [-0.39, 0.29) is 22.5 Å². The highest BCUT2D eigenvalue weighted by Gasteiger charge is 2.55. The molecular weight excluding hydrogens is 580 g/mol. The number of benzene rings is 3. The van der Waals surface area contributed by atoms with Crippen molar-refractivity contribution < 1.29 is 41.7 Å². The van der Waals surface area contributed by atoms with E-state index in [4.69, 9.17) is 30.4 Å². The van der Waals surface area contributed by atoms with Gasteiger partial charge in [-0.3, -0.25) is 0 Å². The lowest BCUT2D eigenvalue weighted by atomic mass is 10.1. The molecule has 1 saturated heterocycles. The molecule has 5 rings (SSSR count). The van der Waals surface area contributed by atoms with Gasteiger partial charge in [0.2, 0.25) is 0 Å². The number of amidine groups is 1. The van der Waals surface area contributed by atoms with Gasteiger partial charge in [-0.1, -0.05) is 54.6 Å². The molecule has 4 N–H and O–H groups in total. The lowest BCUT2D eigenvalue weighted by molar-refractivity contribution is -0.0661. The predicted octanol–water partition coefficient (Wildman–Crippen LogP) is 1.74. The molecular formula is C29H26N4O9S. The second-order valence-electron chi connectivity index (χ2n) is 9.36. The zero-order valence-corrected chi connectivity index (χ0v) is 23.2. The predicted molar refractivity (Wildman–Crippen MR) is 151 cm³/mol. The third kappa shape index (κ3) is 6.50. The summed E-state index contributed by atoms with van der Waals surface area (Å²) < 4.78 is 53.2. The molecule has 0 amide bonds. The van der Waals surface area contributed by atoms with Gasteiger partial charge in [-0.25, -0.2) is 18.7 Å². The molecule has 13 nitrogen and oxygen atoms in total. The van der Waals surface area contributed by atoms with Crippen LogP contribution in [0.1, 0.15) is 31.1 Å². The number of ether oxygens (including phenoxy) is 4. The van der Waals surface area contributed by atoms with Crippen LogP contribution in [0.15, 0.2) is 107 Å². The average Bonchev–Trinajstić information content (AvgIpc) is 3.31. The number of rotatable bonds is 8. The van der Waals surface area contributed by atoms with Gasteiger partial charge in [0.25, 0.3) is 0 Å². The van der Waals surface area contributed by atoms with Gasteiger partial charge in [-0.05, 0) is 36.4 Å². The molecule has 3 aromatic carbocycles. The van der Waals surface area contributed by atoms with E-state index >= 15 is 0 Å². The molecule has 1 fully saturated rings. The quantitative estimate of drug-likeness (QED) is 0.281. The lowest BCUT2D eigenvalue weighted by Gasteiger charge is -2.32. The molecule has 3 aromatic rings.